The zero-order valence-electron chi connectivity index (χ0n) is 12.5. The Morgan fingerprint density at radius 2 is 1.58 bits per heavy atom. The maximum Gasteiger partial charge on any atom is 0.106 e. The number of nitrogens with zero attached hydrogens (tertiary/aromatic N) is 1. The highest BCUT2D eigenvalue weighted by atomic mass is 32.1. The van der Waals surface area contributed by atoms with E-state index in [1.165, 1.54) is 57.8 Å². The van der Waals surface area contributed by atoms with Crippen LogP contribution in [0.25, 0.3) is 0 Å². The van der Waals surface area contributed by atoms with Crippen LogP contribution in [0.1, 0.15) is 81.9 Å². The van der Waals surface area contributed by atoms with Crippen molar-refractivity contribution in [2.24, 2.45) is 0 Å². The van der Waals surface area contributed by atoms with Crippen molar-refractivity contribution in [3.05, 3.63) is 17.2 Å². The average Bonchev–Trinajstić information content (AvgIpc) is 2.77. The number of hydrogen-bond acceptors (Lipinski definition) is 2. The molecular weight excluding hydrogens is 252 g/mol. The summed E-state index contributed by atoms with van der Waals surface area (Å²) in [6, 6.07) is 0. The molecule has 0 saturated heterocycles. The van der Waals surface area contributed by atoms with Crippen molar-refractivity contribution < 1.29 is 0 Å². The highest BCUT2D eigenvalue weighted by Crippen LogP contribution is 2.11. The molecule has 0 amide bonds. The molecule has 0 aliphatic carbocycles. The lowest BCUT2D eigenvalue weighted by molar-refractivity contribution is 0.562. The number of imidazole rings is 1. The van der Waals surface area contributed by atoms with E-state index in [1.54, 1.807) is 5.37 Å². The van der Waals surface area contributed by atoms with Crippen molar-refractivity contribution in [2.45, 2.75) is 78.1 Å². The van der Waals surface area contributed by atoms with Crippen LogP contribution in [0.4, 0.5) is 0 Å². The summed E-state index contributed by atoms with van der Waals surface area (Å²) in [5.74, 6) is 1.09. The maximum atomic E-state index is 4.93. The Kier molecular flexibility index (Phi) is 8.72. The van der Waals surface area contributed by atoms with Crippen molar-refractivity contribution >= 4 is 17.6 Å². The van der Waals surface area contributed by atoms with E-state index >= 15 is 0 Å². The van der Waals surface area contributed by atoms with Crippen LogP contribution < -0.4 is 0 Å². The van der Waals surface area contributed by atoms with Crippen LogP contribution in [-0.4, -0.2) is 15.3 Å². The topological polar surface area (TPSA) is 28.7 Å². The number of unbranched alkanes of at least 4 members (excludes halogenated alkanes) is 8. The van der Waals surface area contributed by atoms with E-state index in [0.717, 1.165) is 23.6 Å². The van der Waals surface area contributed by atoms with Crippen LogP contribution in [-0.2, 0) is 6.42 Å². The number of aromatic nitrogens is 2. The SMILES string of the molecule is CCCCCCCCCCCc1nc(C=S)c(C)[nH]1. The molecule has 0 aliphatic heterocycles. The lowest BCUT2D eigenvalue weighted by Gasteiger charge is -2.01. The van der Waals surface area contributed by atoms with Gasteiger partial charge in [0, 0.05) is 17.5 Å². The molecule has 0 fully saturated rings. The molecular formula is C16H28N2S. The van der Waals surface area contributed by atoms with Crippen LogP contribution in [0.15, 0.2) is 0 Å². The van der Waals surface area contributed by atoms with Gasteiger partial charge in [-0.25, -0.2) is 4.98 Å². The summed E-state index contributed by atoms with van der Waals surface area (Å²) in [4.78, 5) is 7.79. The van der Waals surface area contributed by atoms with Crippen molar-refractivity contribution in [3.8, 4) is 0 Å². The molecule has 1 heterocycles. The summed E-state index contributed by atoms with van der Waals surface area (Å²) in [5, 5.41) is 1.66. The second kappa shape index (κ2) is 10.1. The monoisotopic (exact) mass is 280 g/mol. The molecule has 19 heavy (non-hydrogen) atoms. The number of hydrogen-bond donors (Lipinski definition) is 1. The predicted octanol–water partition coefficient (Wildman–Crippen LogP) is 5.14. The first-order valence-electron chi connectivity index (χ1n) is 7.78. The first-order chi connectivity index (χ1) is 9.27. The van der Waals surface area contributed by atoms with Gasteiger partial charge in [0.1, 0.15) is 5.82 Å². The van der Waals surface area contributed by atoms with Crippen LogP contribution in [0.3, 0.4) is 0 Å². The standard InChI is InChI=1S/C16H28N2S/c1-3-4-5-6-7-8-9-10-11-12-16-17-14(2)15(13-19)18-16/h13H,3-12H2,1-2H3,(H,17,18). The van der Waals surface area contributed by atoms with Crippen LogP contribution >= 0.6 is 12.2 Å². The fraction of sp³-hybridized carbons (Fsp3) is 0.750. The maximum absolute atomic E-state index is 4.93. The Morgan fingerprint density at radius 1 is 1.00 bits per heavy atom. The van der Waals surface area contributed by atoms with E-state index < -0.39 is 0 Å². The van der Waals surface area contributed by atoms with Gasteiger partial charge in [-0.2, -0.15) is 0 Å². The van der Waals surface area contributed by atoms with E-state index in [0.29, 0.717) is 0 Å². The summed E-state index contributed by atoms with van der Waals surface area (Å²) >= 11 is 4.93. The van der Waals surface area contributed by atoms with Crippen LogP contribution in [0.2, 0.25) is 0 Å². The summed E-state index contributed by atoms with van der Waals surface area (Å²) in [7, 11) is 0. The molecule has 0 unspecified atom stereocenters. The second-order valence-electron chi connectivity index (χ2n) is 5.39. The largest absolute Gasteiger partial charge is 0.346 e. The highest BCUT2D eigenvalue weighted by Gasteiger charge is 2.03. The van der Waals surface area contributed by atoms with Gasteiger partial charge in [-0.3, -0.25) is 0 Å². The third-order valence-electron chi connectivity index (χ3n) is 3.60. The molecule has 0 atom stereocenters. The third-order valence-corrected chi connectivity index (χ3v) is 3.82. The molecule has 0 spiro atoms. The fourth-order valence-electron chi connectivity index (χ4n) is 2.37. The highest BCUT2D eigenvalue weighted by molar-refractivity contribution is 7.79. The molecule has 3 heteroatoms. The average molecular weight is 280 g/mol. The van der Waals surface area contributed by atoms with Gasteiger partial charge < -0.3 is 4.98 Å². The first-order valence-corrected chi connectivity index (χ1v) is 8.25. The molecule has 108 valence electrons. The van der Waals surface area contributed by atoms with E-state index in [9.17, 15) is 0 Å². The van der Waals surface area contributed by atoms with Gasteiger partial charge in [0.15, 0.2) is 0 Å². The number of rotatable bonds is 11. The Labute approximate surface area is 123 Å². The fourth-order valence-corrected chi connectivity index (χ4v) is 2.60. The smallest absolute Gasteiger partial charge is 0.106 e. The molecule has 1 N–H and O–H groups in total. The predicted molar refractivity (Wildman–Crippen MR) is 87.0 cm³/mol. The van der Waals surface area contributed by atoms with Crippen LogP contribution in [0.5, 0.6) is 0 Å². The van der Waals surface area contributed by atoms with Crippen molar-refractivity contribution in [3.63, 3.8) is 0 Å². The number of aromatic amines is 1. The first kappa shape index (κ1) is 16.4. The van der Waals surface area contributed by atoms with Crippen LogP contribution in [0, 0.1) is 6.92 Å². The zero-order chi connectivity index (χ0) is 13.9. The Hall–Kier alpha value is -0.700. The number of H-pyrrole nitrogens is 1. The third kappa shape index (κ3) is 6.86. The van der Waals surface area contributed by atoms with Gasteiger partial charge in [-0.1, -0.05) is 70.5 Å². The summed E-state index contributed by atoms with van der Waals surface area (Å²) in [6.07, 6.45) is 13.4. The molecule has 0 aromatic carbocycles. The molecule has 1 rings (SSSR count). The van der Waals surface area contributed by atoms with Crippen molar-refractivity contribution in [1.29, 1.82) is 0 Å². The van der Waals surface area contributed by atoms with Gasteiger partial charge in [0.05, 0.1) is 5.69 Å². The van der Waals surface area contributed by atoms with Crippen molar-refractivity contribution in [1.82, 2.24) is 9.97 Å². The molecule has 1 aromatic heterocycles. The van der Waals surface area contributed by atoms with Gasteiger partial charge in [-0.05, 0) is 13.3 Å². The van der Waals surface area contributed by atoms with Gasteiger partial charge in [-0.15, -0.1) is 0 Å². The Morgan fingerprint density at radius 3 is 2.11 bits per heavy atom. The minimum atomic E-state index is 0.931. The van der Waals surface area contributed by atoms with E-state index in [1.807, 2.05) is 6.92 Å². The molecule has 1 aromatic rings. The Balaban J connectivity index is 2.00. The molecule has 0 aliphatic rings. The molecule has 0 bridgehead atoms. The Bertz CT molecular complexity index is 358. The molecule has 2 nitrogen and oxygen atoms in total. The van der Waals surface area contributed by atoms with Gasteiger partial charge in [0.25, 0.3) is 0 Å². The minimum absolute atomic E-state index is 0.931. The normalized spacial score (nSPS) is 10.8. The lowest BCUT2D eigenvalue weighted by Crippen LogP contribution is -1.89. The summed E-state index contributed by atoms with van der Waals surface area (Å²) in [5.41, 5.74) is 2.03. The summed E-state index contributed by atoms with van der Waals surface area (Å²) in [6.45, 7) is 4.30. The lowest BCUT2D eigenvalue weighted by atomic mass is 10.1. The quantitative estimate of drug-likeness (QED) is 0.449. The summed E-state index contributed by atoms with van der Waals surface area (Å²) < 4.78 is 0. The second-order valence-corrected chi connectivity index (χ2v) is 5.63. The van der Waals surface area contributed by atoms with E-state index in [-0.39, 0.29) is 0 Å². The molecule has 0 saturated carbocycles. The molecule has 0 radical (unpaired) electrons. The zero-order valence-corrected chi connectivity index (χ0v) is 13.3. The number of nitrogens with one attached hydrogen (secondary N) is 1. The van der Waals surface area contributed by atoms with Gasteiger partial charge >= 0.3 is 0 Å². The van der Waals surface area contributed by atoms with E-state index in [2.05, 4.69) is 16.9 Å². The number of thiocarbonyl (C=S) groups is 1. The van der Waals surface area contributed by atoms with Crippen molar-refractivity contribution in [2.75, 3.05) is 0 Å². The number of aryl methyl sites for hydroxylation is 2. The van der Waals surface area contributed by atoms with Gasteiger partial charge in [0.2, 0.25) is 0 Å². The minimum Gasteiger partial charge on any atom is -0.346 e. The van der Waals surface area contributed by atoms with E-state index in [4.69, 9.17) is 12.2 Å².